The van der Waals surface area contributed by atoms with Crippen molar-refractivity contribution >= 4 is 23.3 Å². The van der Waals surface area contributed by atoms with Crippen LogP contribution < -0.4 is 5.11 Å². The number of carbonyl (C=O) groups is 1. The fraction of sp³-hybridized carbons (Fsp3) is 0.800. The van der Waals surface area contributed by atoms with Gasteiger partial charge in [-0.2, -0.15) is 8.42 Å². The molecule has 0 aromatic heterocycles. The smallest absolute Gasteiger partial charge is 0.265 e. The number of hydrogen-bond acceptors (Lipinski definition) is 4. The normalized spacial score (nSPS) is 11.5. The summed E-state index contributed by atoms with van der Waals surface area (Å²) in [6.45, 7) is 12.5. The fourth-order valence-electron chi connectivity index (χ4n) is 1.99. The topological polar surface area (TPSA) is 94.5 Å². The number of carboxylic acids is 1. The van der Waals surface area contributed by atoms with Gasteiger partial charge in [0.15, 0.2) is 0 Å². The molecule has 5 nitrogen and oxygen atoms in total. The summed E-state index contributed by atoms with van der Waals surface area (Å²) in [5, 5.41) is 9.93. The third-order valence-electron chi connectivity index (χ3n) is 3.95. The van der Waals surface area contributed by atoms with Crippen molar-refractivity contribution in [2.45, 2.75) is 47.0 Å². The van der Waals surface area contributed by atoms with E-state index in [-0.39, 0.29) is 12.0 Å². The van der Waals surface area contributed by atoms with Gasteiger partial charge in [0.05, 0.1) is 36.4 Å². The fourth-order valence-corrected chi connectivity index (χ4v) is 5.77. The molecule has 0 heterocycles. The number of carboxylic acid groups (broad SMARTS) is 1. The summed E-state index contributed by atoms with van der Waals surface area (Å²) >= 11 is 0. The van der Waals surface area contributed by atoms with Crippen molar-refractivity contribution in [3.63, 3.8) is 0 Å². The van der Waals surface area contributed by atoms with Crippen LogP contribution in [0.3, 0.4) is 0 Å². The van der Waals surface area contributed by atoms with Gasteiger partial charge < -0.3 is 9.90 Å². The number of hydrogen-bond donors (Lipinski definition) is 1. The predicted molar refractivity (Wildman–Crippen MR) is 93.5 cm³/mol. The van der Waals surface area contributed by atoms with Gasteiger partial charge in [-0.25, -0.2) is 0 Å². The van der Waals surface area contributed by atoms with Gasteiger partial charge in [0.2, 0.25) is 0 Å². The maximum Gasteiger partial charge on any atom is 0.265 e. The molecule has 0 rings (SSSR count). The summed E-state index contributed by atoms with van der Waals surface area (Å²) in [5.74, 6) is -2.14. The largest absolute Gasteiger partial charge is 0.545 e. The van der Waals surface area contributed by atoms with E-state index in [0.29, 0.717) is 0 Å². The number of aliphatic carboxylic acids is 1. The lowest BCUT2D eigenvalue weighted by Crippen LogP contribution is -2.25. The van der Waals surface area contributed by atoms with E-state index in [2.05, 4.69) is 34.3 Å². The van der Waals surface area contributed by atoms with Crippen LogP contribution in [0.2, 0.25) is 0 Å². The molecule has 0 aromatic rings. The monoisotopic (exact) mass is 354 g/mol. The van der Waals surface area contributed by atoms with Crippen LogP contribution in [-0.2, 0) is 14.9 Å². The highest BCUT2D eigenvalue weighted by Crippen LogP contribution is 2.58. The molecule has 0 saturated heterocycles. The van der Waals surface area contributed by atoms with E-state index in [0.717, 1.165) is 0 Å². The van der Waals surface area contributed by atoms with E-state index in [9.17, 15) is 18.3 Å². The van der Waals surface area contributed by atoms with Crippen LogP contribution in [0.1, 0.15) is 47.0 Å². The Balaban J connectivity index is 0. The molecule has 0 unspecified atom stereocenters. The number of carbonyl (C=O) groups excluding carboxylic acids is 1. The van der Waals surface area contributed by atoms with Gasteiger partial charge in [0.25, 0.3) is 10.1 Å². The van der Waals surface area contributed by atoms with Crippen molar-refractivity contribution in [1.29, 1.82) is 0 Å². The zero-order valence-electron chi connectivity index (χ0n) is 14.3. The lowest BCUT2D eigenvalue weighted by atomic mass is 10.2. The van der Waals surface area contributed by atoms with E-state index in [1.807, 2.05) is 0 Å². The van der Waals surface area contributed by atoms with E-state index < -0.39 is 29.1 Å². The molecule has 7 heteroatoms. The molecule has 0 atom stereocenters. The first kappa shape index (κ1) is 23.8. The molecular weight excluding hydrogens is 323 g/mol. The minimum Gasteiger partial charge on any atom is -0.545 e. The van der Waals surface area contributed by atoms with Gasteiger partial charge in [-0.3, -0.25) is 4.55 Å². The molecule has 0 bridgehead atoms. The number of rotatable bonds is 10. The minimum atomic E-state index is -4.10. The Morgan fingerprint density at radius 1 is 1.14 bits per heavy atom. The molecule has 0 radical (unpaired) electrons. The highest BCUT2D eigenvalue weighted by Gasteiger charge is 2.29. The predicted octanol–water partition coefficient (Wildman–Crippen LogP) is 2.43. The van der Waals surface area contributed by atoms with Crippen LogP contribution >= 0.6 is 7.26 Å². The van der Waals surface area contributed by atoms with E-state index in [4.69, 9.17) is 4.55 Å². The molecule has 0 aliphatic carbocycles. The van der Waals surface area contributed by atoms with E-state index >= 15 is 0 Å². The molecular formula is C15H31O5PS. The Bertz CT molecular complexity index is 419. The molecule has 0 amide bonds. The van der Waals surface area contributed by atoms with Gasteiger partial charge >= 0.3 is 0 Å². The molecule has 1 N–H and O–H groups in total. The van der Waals surface area contributed by atoms with Crippen molar-refractivity contribution in [2.24, 2.45) is 0 Å². The standard InChI is InChI=1S/C10H24P.C5H8O5S/c1-5-9-10-11(6-2,7-3)8-4;1-4(5(6)7)2-3-11(8,9)10/h5-10H2,1-4H3;1-3H2,(H,6,7)(H,8,9,10)/q+1;/p-1. The highest BCUT2D eigenvalue weighted by molar-refractivity contribution is 7.85. The zero-order valence-corrected chi connectivity index (χ0v) is 16.0. The van der Waals surface area contributed by atoms with Crippen molar-refractivity contribution in [3.05, 3.63) is 12.2 Å². The van der Waals surface area contributed by atoms with Crippen LogP contribution in [0.4, 0.5) is 0 Å². The molecule has 0 spiro atoms. The maximum atomic E-state index is 10.1. The maximum absolute atomic E-state index is 10.1. The Kier molecular flexibility index (Phi) is 13.0. The van der Waals surface area contributed by atoms with Crippen LogP contribution in [0.25, 0.3) is 0 Å². The third kappa shape index (κ3) is 12.1. The molecule has 0 aliphatic rings. The minimum absolute atomic E-state index is 0.318. The second kappa shape index (κ2) is 12.0. The second-order valence-corrected chi connectivity index (χ2v) is 11.9. The summed E-state index contributed by atoms with van der Waals surface area (Å²) in [6.07, 6.45) is 8.49. The zero-order chi connectivity index (χ0) is 17.8. The first-order valence-electron chi connectivity index (χ1n) is 7.76. The second-order valence-electron chi connectivity index (χ2n) is 5.29. The summed E-state index contributed by atoms with van der Waals surface area (Å²) in [6, 6.07) is 0. The van der Waals surface area contributed by atoms with Gasteiger partial charge in [0.1, 0.15) is 0 Å². The van der Waals surface area contributed by atoms with Crippen molar-refractivity contribution in [2.75, 3.05) is 30.4 Å². The average Bonchev–Trinajstić information content (AvgIpc) is 2.46. The van der Waals surface area contributed by atoms with Gasteiger partial charge in [-0.1, -0.05) is 19.9 Å². The lowest BCUT2D eigenvalue weighted by Gasteiger charge is -2.23. The Hall–Kier alpha value is -0.450. The Morgan fingerprint density at radius 2 is 1.59 bits per heavy atom. The van der Waals surface area contributed by atoms with Crippen molar-refractivity contribution in [1.82, 2.24) is 0 Å². The lowest BCUT2D eigenvalue weighted by molar-refractivity contribution is -0.299. The van der Waals surface area contributed by atoms with Crippen molar-refractivity contribution < 1.29 is 22.9 Å². The molecule has 22 heavy (non-hydrogen) atoms. The highest BCUT2D eigenvalue weighted by atomic mass is 32.2. The molecule has 132 valence electrons. The number of unbranched alkanes of at least 4 members (excludes halogenated alkanes) is 1. The van der Waals surface area contributed by atoms with Gasteiger partial charge in [0, 0.05) is 7.26 Å². The SMILES string of the molecule is C=C(CCS(=O)(=O)O)C(=O)[O-].CCCC[P+](CC)(CC)CC. The quantitative estimate of drug-likeness (QED) is 0.369. The van der Waals surface area contributed by atoms with Gasteiger partial charge in [-0.15, -0.1) is 0 Å². The Morgan fingerprint density at radius 3 is 1.86 bits per heavy atom. The molecule has 0 saturated carbocycles. The van der Waals surface area contributed by atoms with E-state index in [1.165, 1.54) is 31.3 Å². The Labute approximate surface area is 136 Å². The molecule has 0 aromatic carbocycles. The summed E-state index contributed by atoms with van der Waals surface area (Å²) in [7, 11) is -4.56. The summed E-state index contributed by atoms with van der Waals surface area (Å²) < 4.78 is 28.3. The molecule has 0 aliphatic heterocycles. The van der Waals surface area contributed by atoms with Gasteiger partial charge in [-0.05, 0) is 39.2 Å². The first-order chi connectivity index (χ1) is 10.1. The van der Waals surface area contributed by atoms with Crippen LogP contribution in [0, 0.1) is 0 Å². The third-order valence-corrected chi connectivity index (χ3v) is 9.96. The van der Waals surface area contributed by atoms with Crippen LogP contribution in [0.15, 0.2) is 12.2 Å². The average molecular weight is 354 g/mol. The first-order valence-corrected chi connectivity index (χ1v) is 11.9. The molecule has 0 fully saturated rings. The summed E-state index contributed by atoms with van der Waals surface area (Å²) in [4.78, 5) is 9.93. The summed E-state index contributed by atoms with van der Waals surface area (Å²) in [5.41, 5.74) is -0.345. The van der Waals surface area contributed by atoms with Crippen LogP contribution in [0.5, 0.6) is 0 Å². The van der Waals surface area contributed by atoms with E-state index in [1.54, 1.807) is 6.16 Å². The van der Waals surface area contributed by atoms with Crippen molar-refractivity contribution in [3.8, 4) is 0 Å². The van der Waals surface area contributed by atoms with Crippen LogP contribution in [-0.4, -0.2) is 49.3 Å².